The SMILES string of the molecule is NC1CCC(C(=O)Cc2c(F)ccc(Br)c2F)C1. The summed E-state index contributed by atoms with van der Waals surface area (Å²) in [6, 6.07) is 2.50. The van der Waals surface area contributed by atoms with E-state index in [9.17, 15) is 13.6 Å². The Labute approximate surface area is 113 Å². The topological polar surface area (TPSA) is 43.1 Å². The number of hydrogen-bond donors (Lipinski definition) is 1. The molecule has 0 amide bonds. The quantitative estimate of drug-likeness (QED) is 0.871. The van der Waals surface area contributed by atoms with Crippen LogP contribution in [0.2, 0.25) is 0 Å². The predicted molar refractivity (Wildman–Crippen MR) is 68.1 cm³/mol. The Hall–Kier alpha value is -0.810. The van der Waals surface area contributed by atoms with Crippen molar-refractivity contribution in [3.05, 3.63) is 33.8 Å². The van der Waals surface area contributed by atoms with E-state index in [-0.39, 0.29) is 34.2 Å². The maximum atomic E-state index is 13.7. The van der Waals surface area contributed by atoms with Crippen molar-refractivity contribution in [2.45, 2.75) is 31.7 Å². The molecule has 2 nitrogen and oxygen atoms in total. The van der Waals surface area contributed by atoms with Crippen LogP contribution in [0.25, 0.3) is 0 Å². The van der Waals surface area contributed by atoms with E-state index >= 15 is 0 Å². The Morgan fingerprint density at radius 1 is 1.39 bits per heavy atom. The van der Waals surface area contributed by atoms with E-state index in [1.54, 1.807) is 0 Å². The van der Waals surface area contributed by atoms with Crippen molar-refractivity contribution in [2.75, 3.05) is 0 Å². The second-order valence-corrected chi connectivity index (χ2v) is 5.59. The maximum absolute atomic E-state index is 13.7. The van der Waals surface area contributed by atoms with Crippen LogP contribution in [0, 0.1) is 17.6 Å². The van der Waals surface area contributed by atoms with Crippen LogP contribution in [-0.4, -0.2) is 11.8 Å². The molecule has 5 heteroatoms. The van der Waals surface area contributed by atoms with Crippen molar-refractivity contribution < 1.29 is 13.6 Å². The molecule has 0 radical (unpaired) electrons. The highest BCUT2D eigenvalue weighted by Crippen LogP contribution is 2.28. The van der Waals surface area contributed by atoms with Gasteiger partial charge in [0.2, 0.25) is 0 Å². The lowest BCUT2D eigenvalue weighted by Crippen LogP contribution is -2.20. The summed E-state index contributed by atoms with van der Waals surface area (Å²) >= 11 is 2.99. The highest BCUT2D eigenvalue weighted by Gasteiger charge is 2.29. The molecular formula is C13H14BrF2NO. The maximum Gasteiger partial charge on any atom is 0.143 e. The van der Waals surface area contributed by atoms with E-state index in [1.165, 1.54) is 6.07 Å². The number of Topliss-reactive ketones (excluding diaryl/α,β-unsaturated/α-hetero) is 1. The first-order valence-corrected chi connectivity index (χ1v) is 6.69. The molecule has 18 heavy (non-hydrogen) atoms. The average molecular weight is 318 g/mol. The van der Waals surface area contributed by atoms with Gasteiger partial charge in [0.15, 0.2) is 0 Å². The number of carbonyl (C=O) groups excluding carboxylic acids is 1. The summed E-state index contributed by atoms with van der Waals surface area (Å²) in [6.07, 6.45) is 1.95. The van der Waals surface area contributed by atoms with Crippen LogP contribution in [0.1, 0.15) is 24.8 Å². The van der Waals surface area contributed by atoms with Gasteiger partial charge in [-0.15, -0.1) is 0 Å². The second-order valence-electron chi connectivity index (χ2n) is 4.73. The van der Waals surface area contributed by atoms with Crippen LogP contribution in [0.15, 0.2) is 16.6 Å². The third-order valence-corrected chi connectivity index (χ3v) is 4.03. The molecule has 2 N–H and O–H groups in total. The van der Waals surface area contributed by atoms with Gasteiger partial charge in [0.1, 0.15) is 17.4 Å². The average Bonchev–Trinajstić information content (AvgIpc) is 2.76. The van der Waals surface area contributed by atoms with Crippen molar-refractivity contribution >= 4 is 21.7 Å². The highest BCUT2D eigenvalue weighted by molar-refractivity contribution is 9.10. The fourth-order valence-corrected chi connectivity index (χ4v) is 2.73. The number of hydrogen-bond acceptors (Lipinski definition) is 2. The first-order valence-electron chi connectivity index (χ1n) is 5.89. The second kappa shape index (κ2) is 5.45. The van der Waals surface area contributed by atoms with Gasteiger partial charge in [0.05, 0.1) is 4.47 Å². The van der Waals surface area contributed by atoms with Gasteiger partial charge < -0.3 is 5.73 Å². The Bertz CT molecular complexity index is 478. The van der Waals surface area contributed by atoms with Gasteiger partial charge in [-0.1, -0.05) is 0 Å². The lowest BCUT2D eigenvalue weighted by Gasteiger charge is -2.10. The summed E-state index contributed by atoms with van der Waals surface area (Å²) in [6.45, 7) is 0. The van der Waals surface area contributed by atoms with E-state index < -0.39 is 11.6 Å². The Morgan fingerprint density at radius 3 is 2.72 bits per heavy atom. The zero-order valence-corrected chi connectivity index (χ0v) is 11.3. The minimum Gasteiger partial charge on any atom is -0.328 e. The van der Waals surface area contributed by atoms with E-state index in [0.717, 1.165) is 18.9 Å². The minimum absolute atomic E-state index is 0.0381. The molecule has 1 aromatic rings. The smallest absolute Gasteiger partial charge is 0.143 e. The molecule has 0 saturated heterocycles. The molecular weight excluding hydrogens is 304 g/mol. The van der Waals surface area contributed by atoms with Crippen molar-refractivity contribution in [3.8, 4) is 0 Å². The molecule has 2 unspecified atom stereocenters. The first-order chi connectivity index (χ1) is 8.49. The summed E-state index contributed by atoms with van der Waals surface area (Å²) < 4.78 is 27.4. The van der Waals surface area contributed by atoms with Crippen LogP contribution in [0.5, 0.6) is 0 Å². The Balaban J connectivity index is 2.14. The zero-order chi connectivity index (χ0) is 13.3. The van der Waals surface area contributed by atoms with E-state index in [0.29, 0.717) is 6.42 Å². The number of nitrogens with two attached hydrogens (primary N) is 1. The van der Waals surface area contributed by atoms with Gasteiger partial charge in [-0.3, -0.25) is 4.79 Å². The molecule has 0 aliphatic heterocycles. The number of halogens is 3. The summed E-state index contributed by atoms with van der Waals surface area (Å²) in [5.41, 5.74) is 5.57. The number of ketones is 1. The van der Waals surface area contributed by atoms with Crippen LogP contribution in [-0.2, 0) is 11.2 Å². The molecule has 0 heterocycles. The molecule has 2 atom stereocenters. The molecule has 0 spiro atoms. The largest absolute Gasteiger partial charge is 0.328 e. The summed E-state index contributed by atoms with van der Waals surface area (Å²) in [4.78, 5) is 12.0. The summed E-state index contributed by atoms with van der Waals surface area (Å²) in [5, 5.41) is 0. The Kier molecular flexibility index (Phi) is 4.12. The van der Waals surface area contributed by atoms with Gasteiger partial charge >= 0.3 is 0 Å². The van der Waals surface area contributed by atoms with Crippen molar-refractivity contribution in [1.82, 2.24) is 0 Å². The van der Waals surface area contributed by atoms with Gasteiger partial charge in [-0.2, -0.15) is 0 Å². The molecule has 1 aromatic carbocycles. The molecule has 1 aliphatic rings. The van der Waals surface area contributed by atoms with Gasteiger partial charge in [0.25, 0.3) is 0 Å². The van der Waals surface area contributed by atoms with Crippen molar-refractivity contribution in [3.63, 3.8) is 0 Å². The lowest BCUT2D eigenvalue weighted by molar-refractivity contribution is -0.122. The van der Waals surface area contributed by atoms with E-state index in [1.807, 2.05) is 0 Å². The summed E-state index contributed by atoms with van der Waals surface area (Å²) in [5.74, 6) is -1.64. The number of carbonyl (C=O) groups is 1. The Morgan fingerprint density at radius 2 is 2.11 bits per heavy atom. The fraction of sp³-hybridized carbons (Fsp3) is 0.462. The zero-order valence-electron chi connectivity index (χ0n) is 9.76. The van der Waals surface area contributed by atoms with Crippen LogP contribution in [0.3, 0.4) is 0 Å². The van der Waals surface area contributed by atoms with E-state index in [2.05, 4.69) is 15.9 Å². The minimum atomic E-state index is -0.689. The third kappa shape index (κ3) is 2.78. The fourth-order valence-electron chi connectivity index (χ4n) is 2.36. The highest BCUT2D eigenvalue weighted by atomic mass is 79.9. The van der Waals surface area contributed by atoms with Gasteiger partial charge in [0, 0.05) is 23.9 Å². The molecule has 1 saturated carbocycles. The lowest BCUT2D eigenvalue weighted by atomic mass is 9.96. The predicted octanol–water partition coefficient (Wildman–Crippen LogP) is 2.97. The van der Waals surface area contributed by atoms with E-state index in [4.69, 9.17) is 5.73 Å². The van der Waals surface area contributed by atoms with Gasteiger partial charge in [-0.05, 0) is 47.3 Å². The third-order valence-electron chi connectivity index (χ3n) is 3.42. The molecule has 98 valence electrons. The monoisotopic (exact) mass is 317 g/mol. The van der Waals surface area contributed by atoms with Crippen LogP contribution in [0.4, 0.5) is 8.78 Å². The summed E-state index contributed by atoms with van der Waals surface area (Å²) in [7, 11) is 0. The standard InChI is InChI=1S/C13H14BrF2NO/c14-10-3-4-11(15)9(13(10)16)6-12(18)7-1-2-8(17)5-7/h3-4,7-8H,1-2,5-6,17H2. The van der Waals surface area contributed by atoms with Crippen molar-refractivity contribution in [1.29, 1.82) is 0 Å². The van der Waals surface area contributed by atoms with Crippen LogP contribution >= 0.6 is 15.9 Å². The number of rotatable bonds is 3. The van der Waals surface area contributed by atoms with Gasteiger partial charge in [-0.25, -0.2) is 8.78 Å². The molecule has 1 fully saturated rings. The first kappa shape index (κ1) is 13.6. The molecule has 1 aliphatic carbocycles. The van der Waals surface area contributed by atoms with Crippen molar-refractivity contribution in [2.24, 2.45) is 11.7 Å². The van der Waals surface area contributed by atoms with Crippen LogP contribution < -0.4 is 5.73 Å². The molecule has 0 aromatic heterocycles. The normalized spacial score (nSPS) is 23.3. The molecule has 0 bridgehead atoms. The molecule has 2 rings (SSSR count). The number of benzene rings is 1.